The first-order chi connectivity index (χ1) is 12.0. The van der Waals surface area contributed by atoms with Crippen LogP contribution in [0.25, 0.3) is 0 Å². The number of carbonyl (C=O) groups is 1. The van der Waals surface area contributed by atoms with Gasteiger partial charge in [-0.25, -0.2) is 0 Å². The summed E-state index contributed by atoms with van der Waals surface area (Å²) >= 11 is 7.65. The maximum absolute atomic E-state index is 12.3. The second kappa shape index (κ2) is 10.5. The first-order valence-electron chi connectivity index (χ1n) is 8.77. The zero-order valence-corrected chi connectivity index (χ0v) is 16.4. The van der Waals surface area contributed by atoms with Gasteiger partial charge in [-0.1, -0.05) is 55.8 Å². The quantitative estimate of drug-likeness (QED) is 0.422. The molecule has 4 heteroatoms. The van der Waals surface area contributed by atoms with Crippen LogP contribution in [-0.4, -0.2) is 11.7 Å². The number of nitrogens with one attached hydrogen (secondary N) is 1. The van der Waals surface area contributed by atoms with Crippen LogP contribution in [0.15, 0.2) is 59.5 Å². The zero-order valence-electron chi connectivity index (χ0n) is 14.9. The molecule has 0 spiro atoms. The van der Waals surface area contributed by atoms with Crippen molar-refractivity contribution in [2.45, 2.75) is 44.0 Å². The number of rotatable bonds is 9. The average Bonchev–Trinajstić information content (AvgIpc) is 2.60. The highest BCUT2D eigenvalue weighted by Gasteiger charge is 2.15. The van der Waals surface area contributed by atoms with Crippen LogP contribution in [0.1, 0.15) is 44.7 Å². The molecule has 0 aliphatic rings. The normalized spacial score (nSPS) is 12.2. The van der Waals surface area contributed by atoms with E-state index in [-0.39, 0.29) is 11.9 Å². The fourth-order valence-corrected chi connectivity index (χ4v) is 3.63. The smallest absolute Gasteiger partial charge is 0.220 e. The van der Waals surface area contributed by atoms with E-state index in [1.807, 2.05) is 42.5 Å². The number of amides is 1. The van der Waals surface area contributed by atoms with Crippen molar-refractivity contribution in [3.8, 4) is 0 Å². The monoisotopic (exact) mass is 375 g/mol. The predicted molar refractivity (Wildman–Crippen MR) is 108 cm³/mol. The first-order valence-corrected chi connectivity index (χ1v) is 10.1. The van der Waals surface area contributed by atoms with Crippen LogP contribution in [0.4, 0.5) is 0 Å². The van der Waals surface area contributed by atoms with Gasteiger partial charge in [0.1, 0.15) is 0 Å². The molecule has 0 aliphatic heterocycles. The highest BCUT2D eigenvalue weighted by Crippen LogP contribution is 2.23. The summed E-state index contributed by atoms with van der Waals surface area (Å²) in [6.07, 6.45) is 2.37. The molecule has 0 saturated heterocycles. The summed E-state index contributed by atoms with van der Waals surface area (Å²) in [5.41, 5.74) is 1.18. The van der Waals surface area contributed by atoms with Gasteiger partial charge in [0.2, 0.25) is 5.91 Å². The molecule has 2 aromatic rings. The summed E-state index contributed by atoms with van der Waals surface area (Å²) in [7, 11) is 0. The van der Waals surface area contributed by atoms with Crippen LogP contribution in [0, 0.1) is 5.92 Å². The Morgan fingerprint density at radius 3 is 2.40 bits per heavy atom. The maximum atomic E-state index is 12.3. The number of thioether (sulfide) groups is 1. The van der Waals surface area contributed by atoms with Crippen molar-refractivity contribution in [1.29, 1.82) is 0 Å². The van der Waals surface area contributed by atoms with Gasteiger partial charge in [-0.3, -0.25) is 4.79 Å². The Kier molecular flexibility index (Phi) is 8.36. The summed E-state index contributed by atoms with van der Waals surface area (Å²) in [4.78, 5) is 13.5. The molecule has 2 aromatic carbocycles. The van der Waals surface area contributed by atoms with Crippen LogP contribution < -0.4 is 5.32 Å². The van der Waals surface area contributed by atoms with Crippen LogP contribution in [-0.2, 0) is 4.79 Å². The minimum atomic E-state index is 0.0950. The number of carbonyl (C=O) groups excluding carboxylic acids is 1. The third-order valence-corrected chi connectivity index (χ3v) is 5.23. The molecule has 134 valence electrons. The minimum Gasteiger partial charge on any atom is -0.349 e. The third kappa shape index (κ3) is 7.54. The summed E-state index contributed by atoms with van der Waals surface area (Å²) < 4.78 is 0. The average molecular weight is 376 g/mol. The zero-order chi connectivity index (χ0) is 18.1. The predicted octanol–water partition coefficient (Wildman–Crippen LogP) is 6.12. The van der Waals surface area contributed by atoms with Gasteiger partial charge in [0.05, 0.1) is 6.04 Å². The standard InChI is InChI=1S/C21H26ClNOS/c1-16(2)15-20(17-7-4-3-5-8-17)23-21(24)9-6-14-25-19-12-10-18(22)11-13-19/h3-5,7-8,10-13,16,20H,6,9,14-15H2,1-2H3,(H,23,24)/t20-/m0/s1. The Bertz CT molecular complexity index is 643. The highest BCUT2D eigenvalue weighted by molar-refractivity contribution is 7.99. The third-order valence-electron chi connectivity index (χ3n) is 3.87. The van der Waals surface area contributed by atoms with Gasteiger partial charge in [-0.2, -0.15) is 0 Å². The molecule has 1 N–H and O–H groups in total. The van der Waals surface area contributed by atoms with Crippen molar-refractivity contribution in [3.05, 3.63) is 65.2 Å². The maximum Gasteiger partial charge on any atom is 0.220 e. The molecule has 2 nitrogen and oxygen atoms in total. The summed E-state index contributed by atoms with van der Waals surface area (Å²) in [6, 6.07) is 18.1. The molecule has 0 heterocycles. The van der Waals surface area contributed by atoms with Crippen molar-refractivity contribution in [1.82, 2.24) is 5.32 Å². The van der Waals surface area contributed by atoms with Gasteiger partial charge in [-0.15, -0.1) is 11.8 Å². The molecule has 25 heavy (non-hydrogen) atoms. The number of hydrogen-bond donors (Lipinski definition) is 1. The molecule has 0 bridgehead atoms. The van der Waals surface area contributed by atoms with Crippen LogP contribution in [0.5, 0.6) is 0 Å². The van der Waals surface area contributed by atoms with Gasteiger partial charge >= 0.3 is 0 Å². The van der Waals surface area contributed by atoms with Crippen molar-refractivity contribution >= 4 is 29.3 Å². The molecule has 2 rings (SSSR count). The van der Waals surface area contributed by atoms with Gasteiger partial charge in [0, 0.05) is 16.3 Å². The molecule has 1 amide bonds. The molecule has 1 atom stereocenters. The SMILES string of the molecule is CC(C)C[C@H](NC(=O)CCCSc1ccc(Cl)cc1)c1ccccc1. The second-order valence-electron chi connectivity index (χ2n) is 6.57. The van der Waals surface area contributed by atoms with Crippen LogP contribution in [0.2, 0.25) is 5.02 Å². The Morgan fingerprint density at radius 1 is 1.08 bits per heavy atom. The van der Waals surface area contributed by atoms with Crippen molar-refractivity contribution in [2.75, 3.05) is 5.75 Å². The summed E-state index contributed by atoms with van der Waals surface area (Å²) in [5.74, 6) is 1.59. The lowest BCUT2D eigenvalue weighted by Gasteiger charge is -2.21. The van der Waals surface area contributed by atoms with E-state index in [2.05, 4.69) is 31.3 Å². The van der Waals surface area contributed by atoms with E-state index < -0.39 is 0 Å². The van der Waals surface area contributed by atoms with E-state index in [0.29, 0.717) is 12.3 Å². The van der Waals surface area contributed by atoms with Crippen LogP contribution >= 0.6 is 23.4 Å². The number of hydrogen-bond acceptors (Lipinski definition) is 2. The Hall–Kier alpha value is -1.45. The molecular weight excluding hydrogens is 350 g/mol. The van der Waals surface area contributed by atoms with Crippen molar-refractivity contribution < 1.29 is 4.79 Å². The van der Waals surface area contributed by atoms with E-state index in [1.54, 1.807) is 11.8 Å². The molecule has 0 radical (unpaired) electrons. The Balaban J connectivity index is 1.77. The topological polar surface area (TPSA) is 29.1 Å². The van der Waals surface area contributed by atoms with Gasteiger partial charge in [0.15, 0.2) is 0 Å². The lowest BCUT2D eigenvalue weighted by Crippen LogP contribution is -2.29. The molecule has 0 aliphatic carbocycles. The lowest BCUT2D eigenvalue weighted by atomic mass is 9.97. The molecular formula is C21H26ClNOS. The first kappa shape index (κ1) is 19.9. The number of benzene rings is 2. The summed E-state index contributed by atoms with van der Waals surface area (Å²) in [5, 5.41) is 3.96. The highest BCUT2D eigenvalue weighted by atomic mass is 35.5. The van der Waals surface area contributed by atoms with Gasteiger partial charge < -0.3 is 5.32 Å². The van der Waals surface area contributed by atoms with E-state index in [1.165, 1.54) is 10.5 Å². The van der Waals surface area contributed by atoms with Crippen molar-refractivity contribution in [2.24, 2.45) is 5.92 Å². The second-order valence-corrected chi connectivity index (χ2v) is 8.17. The Morgan fingerprint density at radius 2 is 1.76 bits per heavy atom. The van der Waals surface area contributed by atoms with Crippen molar-refractivity contribution in [3.63, 3.8) is 0 Å². The Labute approximate surface area is 160 Å². The fourth-order valence-electron chi connectivity index (χ4n) is 2.66. The minimum absolute atomic E-state index is 0.0950. The molecule has 0 fully saturated rings. The summed E-state index contributed by atoms with van der Waals surface area (Å²) in [6.45, 7) is 4.37. The lowest BCUT2D eigenvalue weighted by molar-refractivity contribution is -0.121. The fraction of sp³-hybridized carbons (Fsp3) is 0.381. The van der Waals surface area contributed by atoms with E-state index in [0.717, 1.165) is 23.6 Å². The van der Waals surface area contributed by atoms with E-state index >= 15 is 0 Å². The van der Waals surface area contributed by atoms with Gasteiger partial charge in [0.25, 0.3) is 0 Å². The van der Waals surface area contributed by atoms with E-state index in [9.17, 15) is 4.79 Å². The molecule has 0 unspecified atom stereocenters. The number of halogens is 1. The van der Waals surface area contributed by atoms with Gasteiger partial charge in [-0.05, 0) is 54.3 Å². The van der Waals surface area contributed by atoms with Crippen LogP contribution in [0.3, 0.4) is 0 Å². The molecule has 0 saturated carbocycles. The van der Waals surface area contributed by atoms with E-state index in [4.69, 9.17) is 11.6 Å². The largest absolute Gasteiger partial charge is 0.349 e. The molecule has 0 aromatic heterocycles.